The van der Waals surface area contributed by atoms with Crippen LogP contribution in [0.25, 0.3) is 0 Å². The number of carbonyl (C=O) groups is 2. The predicted molar refractivity (Wildman–Crippen MR) is 128 cm³/mol. The van der Waals surface area contributed by atoms with Crippen LogP contribution in [-0.4, -0.2) is 43.0 Å². The number of nitrogens with one attached hydrogen (secondary N) is 2. The summed E-state index contributed by atoms with van der Waals surface area (Å²) in [7, 11) is 1.53. The average molecular weight is 462 g/mol. The van der Waals surface area contributed by atoms with Crippen LogP contribution in [0.15, 0.2) is 84.9 Å². The second kappa shape index (κ2) is 12.3. The first-order valence-corrected chi connectivity index (χ1v) is 10.9. The summed E-state index contributed by atoms with van der Waals surface area (Å²) < 4.78 is 4.99. The fourth-order valence-electron chi connectivity index (χ4n) is 3.64. The molecule has 3 aromatic rings. The van der Waals surface area contributed by atoms with Crippen LogP contribution >= 0.6 is 0 Å². The molecule has 0 saturated heterocycles. The van der Waals surface area contributed by atoms with E-state index in [1.807, 2.05) is 60.7 Å². The number of amides is 2. The van der Waals surface area contributed by atoms with Crippen LogP contribution in [0, 0.1) is 10.1 Å². The molecule has 0 bridgehead atoms. The number of hydrogen-bond acceptors (Lipinski definition) is 5. The van der Waals surface area contributed by atoms with Crippen molar-refractivity contribution in [3.8, 4) is 0 Å². The lowest BCUT2D eigenvalue weighted by atomic mass is 9.90. The van der Waals surface area contributed by atoms with Gasteiger partial charge in [0.15, 0.2) is 0 Å². The zero-order chi connectivity index (χ0) is 24.3. The summed E-state index contributed by atoms with van der Waals surface area (Å²) in [6.45, 7) is 0.628. The number of benzene rings is 3. The minimum Gasteiger partial charge on any atom is -0.383 e. The van der Waals surface area contributed by atoms with Gasteiger partial charge in [-0.2, -0.15) is 0 Å². The molecular weight excluding hydrogens is 434 g/mol. The van der Waals surface area contributed by atoms with E-state index in [2.05, 4.69) is 10.6 Å². The summed E-state index contributed by atoms with van der Waals surface area (Å²) >= 11 is 0. The van der Waals surface area contributed by atoms with Gasteiger partial charge in [0.05, 0.1) is 17.4 Å². The van der Waals surface area contributed by atoms with Crippen molar-refractivity contribution in [2.75, 3.05) is 20.3 Å². The van der Waals surface area contributed by atoms with E-state index < -0.39 is 16.9 Å². The number of carbonyl (C=O) groups excluding carboxylic acids is 2. The first kappa shape index (κ1) is 24.6. The highest BCUT2D eigenvalue weighted by molar-refractivity contribution is 5.92. The Hall–Kier alpha value is -4.04. The summed E-state index contributed by atoms with van der Waals surface area (Å²) in [5.74, 6) is -1.27. The van der Waals surface area contributed by atoms with Crippen LogP contribution in [-0.2, 0) is 20.7 Å². The zero-order valence-corrected chi connectivity index (χ0v) is 18.8. The Balaban J connectivity index is 1.85. The molecular formula is C26H27N3O5. The summed E-state index contributed by atoms with van der Waals surface area (Å²) in [5, 5.41) is 16.6. The van der Waals surface area contributed by atoms with Crippen molar-refractivity contribution < 1.29 is 19.2 Å². The standard InChI is InChI=1S/C26H27N3O5/c1-34-17-16-27-25(30)23(18-19-12-14-22(15-13-19)29(32)33)28-26(31)24(20-8-4-2-5-9-20)21-10-6-3-7-11-21/h2-15,23-24H,16-18H2,1H3,(H,27,30)(H,28,31)/t23-/m0/s1. The normalized spacial score (nSPS) is 11.6. The molecule has 176 valence electrons. The van der Waals surface area contributed by atoms with Crippen molar-refractivity contribution in [1.82, 2.24) is 10.6 Å². The molecule has 0 aromatic heterocycles. The van der Waals surface area contributed by atoms with Gasteiger partial charge in [0.1, 0.15) is 6.04 Å². The monoisotopic (exact) mass is 461 g/mol. The maximum absolute atomic E-state index is 13.5. The molecule has 2 N–H and O–H groups in total. The Morgan fingerprint density at radius 3 is 1.94 bits per heavy atom. The van der Waals surface area contributed by atoms with E-state index in [9.17, 15) is 19.7 Å². The van der Waals surface area contributed by atoms with Crippen LogP contribution in [0.4, 0.5) is 5.69 Å². The molecule has 2 amide bonds. The van der Waals surface area contributed by atoms with Gasteiger partial charge in [0, 0.05) is 32.2 Å². The van der Waals surface area contributed by atoms with Crippen LogP contribution in [0.1, 0.15) is 22.6 Å². The minimum atomic E-state index is -0.874. The number of rotatable bonds is 11. The second-order valence-electron chi connectivity index (χ2n) is 7.73. The molecule has 0 saturated carbocycles. The fraction of sp³-hybridized carbons (Fsp3) is 0.231. The van der Waals surface area contributed by atoms with Gasteiger partial charge in [-0.1, -0.05) is 72.8 Å². The van der Waals surface area contributed by atoms with Crippen molar-refractivity contribution in [3.05, 3.63) is 112 Å². The Kier molecular flexibility index (Phi) is 8.88. The van der Waals surface area contributed by atoms with Gasteiger partial charge in [-0.05, 0) is 16.7 Å². The van der Waals surface area contributed by atoms with E-state index in [-0.39, 0.29) is 23.9 Å². The molecule has 1 atom stereocenters. The minimum absolute atomic E-state index is 0.0397. The second-order valence-corrected chi connectivity index (χ2v) is 7.73. The van der Waals surface area contributed by atoms with E-state index in [0.717, 1.165) is 11.1 Å². The quantitative estimate of drug-likeness (QED) is 0.259. The summed E-state index contributed by atoms with van der Waals surface area (Å²) in [6.07, 6.45) is 0.179. The lowest BCUT2D eigenvalue weighted by Gasteiger charge is -2.23. The number of ether oxygens (including phenoxy) is 1. The van der Waals surface area contributed by atoms with Gasteiger partial charge in [0.2, 0.25) is 11.8 Å². The van der Waals surface area contributed by atoms with Crippen molar-refractivity contribution in [1.29, 1.82) is 0 Å². The first-order chi connectivity index (χ1) is 16.5. The highest BCUT2D eigenvalue weighted by atomic mass is 16.6. The Bertz CT molecular complexity index is 1050. The number of nitro benzene ring substituents is 1. The van der Waals surface area contributed by atoms with E-state index in [0.29, 0.717) is 18.7 Å². The summed E-state index contributed by atoms with van der Waals surface area (Å²) in [5.41, 5.74) is 2.26. The van der Waals surface area contributed by atoms with Crippen LogP contribution in [0.5, 0.6) is 0 Å². The molecule has 0 aliphatic heterocycles. The van der Waals surface area contributed by atoms with Gasteiger partial charge in [-0.3, -0.25) is 19.7 Å². The summed E-state index contributed by atoms with van der Waals surface area (Å²) in [4.78, 5) is 36.9. The van der Waals surface area contributed by atoms with Crippen molar-refractivity contribution in [3.63, 3.8) is 0 Å². The molecule has 0 aliphatic carbocycles. The van der Waals surface area contributed by atoms with Crippen molar-refractivity contribution in [2.45, 2.75) is 18.4 Å². The average Bonchev–Trinajstić information content (AvgIpc) is 2.85. The molecule has 0 spiro atoms. The van der Waals surface area contributed by atoms with Gasteiger partial charge in [-0.25, -0.2) is 0 Å². The zero-order valence-electron chi connectivity index (χ0n) is 18.8. The first-order valence-electron chi connectivity index (χ1n) is 10.9. The van der Waals surface area contributed by atoms with E-state index in [1.54, 1.807) is 12.1 Å². The molecule has 3 aromatic carbocycles. The SMILES string of the molecule is COCCNC(=O)[C@H](Cc1ccc([N+](=O)[O-])cc1)NC(=O)C(c1ccccc1)c1ccccc1. The fourth-order valence-corrected chi connectivity index (χ4v) is 3.64. The highest BCUT2D eigenvalue weighted by Crippen LogP contribution is 2.25. The third-order valence-corrected chi connectivity index (χ3v) is 5.35. The molecule has 34 heavy (non-hydrogen) atoms. The maximum atomic E-state index is 13.5. The molecule has 0 radical (unpaired) electrons. The van der Waals surface area contributed by atoms with Gasteiger partial charge < -0.3 is 15.4 Å². The number of methoxy groups -OCH3 is 1. The van der Waals surface area contributed by atoms with E-state index >= 15 is 0 Å². The van der Waals surface area contributed by atoms with Gasteiger partial charge >= 0.3 is 0 Å². The number of hydrogen-bond donors (Lipinski definition) is 2. The molecule has 8 heteroatoms. The van der Waals surface area contributed by atoms with E-state index in [1.165, 1.54) is 19.2 Å². The number of nitro groups is 1. The van der Waals surface area contributed by atoms with E-state index in [4.69, 9.17) is 4.74 Å². The lowest BCUT2D eigenvalue weighted by molar-refractivity contribution is -0.384. The topological polar surface area (TPSA) is 111 Å². The Morgan fingerprint density at radius 2 is 1.44 bits per heavy atom. The van der Waals surface area contributed by atoms with Crippen LogP contribution in [0.2, 0.25) is 0 Å². The smallest absolute Gasteiger partial charge is 0.269 e. The van der Waals surface area contributed by atoms with Gasteiger partial charge in [0.25, 0.3) is 5.69 Å². The third kappa shape index (κ3) is 6.73. The third-order valence-electron chi connectivity index (χ3n) is 5.35. The molecule has 0 aliphatic rings. The molecule has 8 nitrogen and oxygen atoms in total. The Morgan fingerprint density at radius 1 is 0.882 bits per heavy atom. The van der Waals surface area contributed by atoms with Crippen molar-refractivity contribution in [2.24, 2.45) is 0 Å². The van der Waals surface area contributed by atoms with Gasteiger partial charge in [-0.15, -0.1) is 0 Å². The van der Waals surface area contributed by atoms with Crippen LogP contribution in [0.3, 0.4) is 0 Å². The van der Waals surface area contributed by atoms with Crippen molar-refractivity contribution >= 4 is 17.5 Å². The van der Waals surface area contributed by atoms with Crippen LogP contribution < -0.4 is 10.6 Å². The predicted octanol–water partition coefficient (Wildman–Crippen LogP) is 3.22. The molecule has 0 unspecified atom stereocenters. The molecule has 3 rings (SSSR count). The maximum Gasteiger partial charge on any atom is 0.269 e. The summed E-state index contributed by atoms with van der Waals surface area (Å²) in [6, 6.07) is 23.8. The number of nitrogens with zero attached hydrogens (tertiary/aromatic N) is 1. The largest absolute Gasteiger partial charge is 0.383 e. The Labute approximate surface area is 198 Å². The molecule has 0 fully saturated rings. The lowest BCUT2D eigenvalue weighted by Crippen LogP contribution is -2.50. The number of non-ortho nitro benzene ring substituents is 1. The molecule has 0 heterocycles. The highest BCUT2D eigenvalue weighted by Gasteiger charge is 2.28.